The fourth-order valence-corrected chi connectivity index (χ4v) is 3.22. The van der Waals surface area contributed by atoms with Crippen molar-refractivity contribution in [1.82, 2.24) is 4.72 Å². The van der Waals surface area contributed by atoms with Crippen LogP contribution in [-0.4, -0.2) is 38.5 Å². The summed E-state index contributed by atoms with van der Waals surface area (Å²) in [6, 6.07) is 2.30. The van der Waals surface area contributed by atoms with Crippen LogP contribution in [0.1, 0.15) is 0 Å². The number of hydrogen-bond donors (Lipinski definition) is 2. The molecule has 0 aromatic carbocycles. The first kappa shape index (κ1) is 15.9. The molecule has 6 nitrogen and oxygen atoms in total. The van der Waals surface area contributed by atoms with E-state index in [-0.39, 0.29) is 0 Å². The number of thiophene rings is 1. The van der Waals surface area contributed by atoms with Crippen LogP contribution in [0.4, 0.5) is 13.2 Å². The molecule has 1 aromatic heterocycles. The summed E-state index contributed by atoms with van der Waals surface area (Å²) in [5.74, 6) is -2.18. The average molecular weight is 319 g/mol. The molecule has 19 heavy (non-hydrogen) atoms. The summed E-state index contributed by atoms with van der Waals surface area (Å²) in [6.07, 6.45) is -5.58. The molecule has 0 radical (unpaired) electrons. The van der Waals surface area contributed by atoms with Crippen LogP contribution in [0.2, 0.25) is 0 Å². The maximum Gasteiger partial charge on any atom is 0.443 e. The molecular formula is C8H8F3NO5S2. The lowest BCUT2D eigenvalue weighted by molar-refractivity contribution is -0.265. The number of esters is 1. The third-order valence-corrected chi connectivity index (χ3v) is 4.77. The van der Waals surface area contributed by atoms with E-state index in [4.69, 9.17) is 0 Å². The molecule has 11 heteroatoms. The largest absolute Gasteiger partial charge is 0.466 e. The molecule has 0 bridgehead atoms. The lowest BCUT2D eigenvalue weighted by Gasteiger charge is -2.27. The third-order valence-electron chi connectivity index (χ3n) is 1.93. The normalized spacial score (nSPS) is 15.8. The van der Waals surface area contributed by atoms with Crippen molar-refractivity contribution in [2.24, 2.45) is 0 Å². The van der Waals surface area contributed by atoms with Crippen molar-refractivity contribution in [2.45, 2.75) is 16.1 Å². The molecule has 1 rings (SSSR count). The lowest BCUT2D eigenvalue weighted by Crippen LogP contribution is -2.64. The van der Waals surface area contributed by atoms with Gasteiger partial charge in [-0.2, -0.15) is 17.9 Å². The predicted octanol–water partition coefficient (Wildman–Crippen LogP) is 0.450. The van der Waals surface area contributed by atoms with Crippen molar-refractivity contribution in [3.05, 3.63) is 17.5 Å². The van der Waals surface area contributed by atoms with Gasteiger partial charge in [0.25, 0.3) is 10.0 Å². The zero-order chi connectivity index (χ0) is 14.9. The van der Waals surface area contributed by atoms with Gasteiger partial charge in [-0.3, -0.25) is 0 Å². The van der Waals surface area contributed by atoms with Gasteiger partial charge in [-0.25, -0.2) is 13.2 Å². The molecule has 1 heterocycles. The van der Waals surface area contributed by atoms with Gasteiger partial charge in [0, 0.05) is 0 Å². The smallest absolute Gasteiger partial charge is 0.443 e. The quantitative estimate of drug-likeness (QED) is 0.621. The molecule has 0 aliphatic heterocycles. The molecule has 1 atom stereocenters. The van der Waals surface area contributed by atoms with Crippen LogP contribution in [0.15, 0.2) is 21.7 Å². The van der Waals surface area contributed by atoms with E-state index in [0.29, 0.717) is 18.4 Å². The second-order valence-electron chi connectivity index (χ2n) is 3.24. The Balaban J connectivity index is 3.21. The number of rotatable bonds is 4. The number of hydrogen-bond acceptors (Lipinski definition) is 6. The number of ether oxygens (including phenoxy) is 1. The molecule has 1 aromatic rings. The Morgan fingerprint density at radius 2 is 2.05 bits per heavy atom. The minimum absolute atomic E-state index is 0.487. The summed E-state index contributed by atoms with van der Waals surface area (Å²) < 4.78 is 65.3. The van der Waals surface area contributed by atoms with Gasteiger partial charge in [0.05, 0.1) is 7.11 Å². The topological polar surface area (TPSA) is 92.7 Å². The molecule has 0 amide bonds. The zero-order valence-electron chi connectivity index (χ0n) is 9.26. The van der Waals surface area contributed by atoms with Gasteiger partial charge in [0.2, 0.25) is 0 Å². The van der Waals surface area contributed by atoms with Gasteiger partial charge < -0.3 is 9.84 Å². The Labute approximate surface area is 109 Å². The SMILES string of the molecule is COC(=O)[C@@](O)(NS(=O)(=O)c1cccs1)C(F)(F)F. The fraction of sp³-hybridized carbons (Fsp3) is 0.375. The number of aliphatic hydroxyl groups is 1. The monoisotopic (exact) mass is 319 g/mol. The highest BCUT2D eigenvalue weighted by Gasteiger charge is 2.63. The first-order valence-corrected chi connectivity index (χ1v) is 6.86. The van der Waals surface area contributed by atoms with E-state index in [0.717, 1.165) is 10.8 Å². The molecule has 0 saturated carbocycles. The number of carbonyl (C=O) groups excluding carboxylic acids is 1. The van der Waals surface area contributed by atoms with Gasteiger partial charge in [-0.15, -0.1) is 11.3 Å². The van der Waals surface area contributed by atoms with Crippen LogP contribution in [0, 0.1) is 0 Å². The Hall–Kier alpha value is -1.17. The van der Waals surface area contributed by atoms with Gasteiger partial charge in [0.1, 0.15) is 4.21 Å². The summed E-state index contributed by atoms with van der Waals surface area (Å²) in [5.41, 5.74) is -4.34. The third kappa shape index (κ3) is 3.05. The first-order chi connectivity index (χ1) is 8.54. The highest BCUT2D eigenvalue weighted by atomic mass is 32.2. The zero-order valence-corrected chi connectivity index (χ0v) is 10.9. The number of sulfonamides is 1. The molecule has 0 unspecified atom stereocenters. The van der Waals surface area contributed by atoms with Crippen molar-refractivity contribution in [1.29, 1.82) is 0 Å². The molecule has 108 valence electrons. The van der Waals surface area contributed by atoms with Gasteiger partial charge >= 0.3 is 17.9 Å². The van der Waals surface area contributed by atoms with Crippen LogP contribution in [0.5, 0.6) is 0 Å². The summed E-state index contributed by atoms with van der Waals surface area (Å²) >= 11 is 0.619. The minimum atomic E-state index is -5.58. The molecule has 0 saturated heterocycles. The van der Waals surface area contributed by atoms with Gasteiger partial charge in [-0.05, 0) is 11.4 Å². The van der Waals surface area contributed by atoms with Crippen LogP contribution in [0.25, 0.3) is 0 Å². The van der Waals surface area contributed by atoms with Crippen LogP contribution < -0.4 is 4.72 Å². The molecule has 0 aliphatic rings. The molecule has 0 aliphatic carbocycles. The van der Waals surface area contributed by atoms with E-state index < -0.39 is 32.1 Å². The molecular weight excluding hydrogens is 311 g/mol. The number of nitrogens with one attached hydrogen (secondary N) is 1. The molecule has 2 N–H and O–H groups in total. The van der Waals surface area contributed by atoms with E-state index in [1.807, 2.05) is 0 Å². The second kappa shape index (κ2) is 5.07. The summed E-state index contributed by atoms with van der Waals surface area (Å²) in [4.78, 5) is 11.0. The van der Waals surface area contributed by atoms with Crippen molar-refractivity contribution in [3.8, 4) is 0 Å². The van der Waals surface area contributed by atoms with Crippen LogP contribution in [0.3, 0.4) is 0 Å². The summed E-state index contributed by atoms with van der Waals surface area (Å²) in [5, 5.41) is 10.6. The highest BCUT2D eigenvalue weighted by molar-refractivity contribution is 7.91. The average Bonchev–Trinajstić information content (AvgIpc) is 2.79. The second-order valence-corrected chi connectivity index (χ2v) is 6.09. The van der Waals surface area contributed by atoms with E-state index in [9.17, 15) is 31.5 Å². The van der Waals surface area contributed by atoms with E-state index in [1.54, 1.807) is 0 Å². The number of halogens is 3. The maximum atomic E-state index is 12.6. The Morgan fingerprint density at radius 3 is 2.42 bits per heavy atom. The summed E-state index contributed by atoms with van der Waals surface area (Å²) in [6.45, 7) is 0. The van der Waals surface area contributed by atoms with Gasteiger partial charge in [0.15, 0.2) is 0 Å². The number of alkyl halides is 3. The summed E-state index contributed by atoms with van der Waals surface area (Å²) in [7, 11) is -4.13. The maximum absolute atomic E-state index is 12.6. The molecule has 0 fully saturated rings. The molecule has 0 spiro atoms. The van der Waals surface area contributed by atoms with Crippen LogP contribution >= 0.6 is 11.3 Å². The van der Waals surface area contributed by atoms with E-state index in [2.05, 4.69) is 4.74 Å². The Bertz CT molecular complexity index is 553. The van der Waals surface area contributed by atoms with Crippen molar-refractivity contribution in [2.75, 3.05) is 7.11 Å². The minimum Gasteiger partial charge on any atom is -0.466 e. The van der Waals surface area contributed by atoms with E-state index >= 15 is 0 Å². The fourth-order valence-electron chi connectivity index (χ4n) is 1.02. The van der Waals surface area contributed by atoms with Gasteiger partial charge in [-0.1, -0.05) is 6.07 Å². The van der Waals surface area contributed by atoms with E-state index in [1.165, 1.54) is 11.4 Å². The van der Waals surface area contributed by atoms with Crippen molar-refractivity contribution < 1.29 is 36.2 Å². The number of carbonyl (C=O) groups is 1. The lowest BCUT2D eigenvalue weighted by atomic mass is 10.2. The number of methoxy groups -OCH3 is 1. The van der Waals surface area contributed by atoms with Crippen molar-refractivity contribution in [3.63, 3.8) is 0 Å². The Morgan fingerprint density at radius 1 is 1.47 bits per heavy atom. The predicted molar refractivity (Wildman–Crippen MR) is 57.7 cm³/mol. The van der Waals surface area contributed by atoms with Crippen molar-refractivity contribution >= 4 is 27.3 Å². The van der Waals surface area contributed by atoms with Crippen LogP contribution in [-0.2, 0) is 19.6 Å². The first-order valence-electron chi connectivity index (χ1n) is 4.49. The Kier molecular flexibility index (Phi) is 4.24. The highest BCUT2D eigenvalue weighted by Crippen LogP contribution is 2.31. The standard InChI is InChI=1S/C8H8F3NO5S2/c1-17-6(13)7(14,8(9,10)11)12-19(15,16)5-3-2-4-18-5/h2-4,12,14H,1H3/t7-/m0/s1.